The van der Waals surface area contributed by atoms with Crippen LogP contribution in [0.3, 0.4) is 0 Å². The average Bonchev–Trinajstić information content (AvgIpc) is 0.722. The van der Waals surface area contributed by atoms with E-state index in [1.807, 2.05) is 0 Å². The standard InChI is InChI=1S/C5H12.Ar/c1-5(2,3)4;/h1-4H3;. The minimum Gasteiger partial charge on any atom is -0.0604 e. The Morgan fingerprint density at radius 1 is 0.833 bits per heavy atom. The molecule has 0 saturated heterocycles. The van der Waals surface area contributed by atoms with E-state index in [2.05, 4.69) is 27.7 Å². The van der Waals surface area contributed by atoms with Gasteiger partial charge in [-0.05, 0) is 5.41 Å². The summed E-state index contributed by atoms with van der Waals surface area (Å²) in [5.74, 6) is 0. The maximum absolute atomic E-state index is 2.19. The molecule has 0 nitrogen and oxygen atoms in total. The van der Waals surface area contributed by atoms with Crippen molar-refractivity contribution in [2.75, 3.05) is 0 Å². The quantitative estimate of drug-likeness (QED) is 0.450. The topological polar surface area (TPSA) is 0 Å². The van der Waals surface area contributed by atoms with Gasteiger partial charge in [-0.2, -0.15) is 0 Å². The SMILES string of the molecule is CC(C)(C)C.[Ar]. The molecule has 0 atom stereocenters. The van der Waals surface area contributed by atoms with Crippen molar-refractivity contribution in [1.82, 2.24) is 0 Å². The molecule has 0 aliphatic rings. The molecule has 1 heteroatoms. The summed E-state index contributed by atoms with van der Waals surface area (Å²) in [6, 6.07) is 0. The third-order valence-electron chi connectivity index (χ3n) is 0. The van der Waals surface area contributed by atoms with Gasteiger partial charge < -0.3 is 0 Å². The Hall–Kier alpha value is 1.26. The van der Waals surface area contributed by atoms with Crippen LogP contribution in [0.5, 0.6) is 0 Å². The summed E-state index contributed by atoms with van der Waals surface area (Å²) in [6.07, 6.45) is 0. The zero-order chi connectivity index (χ0) is 4.50. The van der Waals surface area contributed by atoms with E-state index in [4.69, 9.17) is 0 Å². The van der Waals surface area contributed by atoms with Crippen LogP contribution in [0.25, 0.3) is 0 Å². The fourth-order valence-electron chi connectivity index (χ4n) is 0. The van der Waals surface area contributed by atoms with Gasteiger partial charge in [-0.1, -0.05) is 27.7 Å². The van der Waals surface area contributed by atoms with E-state index in [9.17, 15) is 0 Å². The van der Waals surface area contributed by atoms with E-state index >= 15 is 0 Å². The van der Waals surface area contributed by atoms with Crippen LogP contribution in [0.2, 0.25) is 0 Å². The second kappa shape index (κ2) is 3.29. The summed E-state index contributed by atoms with van der Waals surface area (Å²) in [7, 11) is 0. The van der Waals surface area contributed by atoms with Gasteiger partial charge in [0.1, 0.15) is 0 Å². The smallest absolute Gasteiger partial charge is 0 e. The van der Waals surface area contributed by atoms with Crippen LogP contribution in [0, 0.1) is 43.2 Å². The summed E-state index contributed by atoms with van der Waals surface area (Å²) in [5.41, 5.74) is 0.500. The molecule has 0 rings (SSSR count). The Kier molecular flexibility index (Phi) is 5.63. The summed E-state index contributed by atoms with van der Waals surface area (Å²) in [6.45, 7) is 8.75. The zero-order valence-electron chi connectivity index (χ0n) is 4.85. The van der Waals surface area contributed by atoms with Gasteiger partial charge in [0, 0.05) is 37.7 Å². The van der Waals surface area contributed by atoms with Crippen LogP contribution in [0.4, 0.5) is 0 Å². The van der Waals surface area contributed by atoms with Gasteiger partial charge >= 0.3 is 0 Å². The monoisotopic (exact) mass is 112 g/mol. The molecular formula is C5H12Ar. The summed E-state index contributed by atoms with van der Waals surface area (Å²) < 4.78 is 0. The van der Waals surface area contributed by atoms with Gasteiger partial charge in [0.25, 0.3) is 0 Å². The molecule has 0 aromatic heterocycles. The molecule has 0 aromatic rings. The third-order valence-corrected chi connectivity index (χ3v) is 0. The molecule has 0 radical (unpaired) electrons. The van der Waals surface area contributed by atoms with Gasteiger partial charge in [0.15, 0.2) is 0 Å². The normalized spacial score (nSPS) is 10.0. The fraction of sp³-hybridized carbons (Fsp3) is 1.00. The Bertz CT molecular complexity index is 19.4. The molecule has 0 amide bonds. The molecule has 0 heterocycles. The molecule has 0 spiro atoms. The van der Waals surface area contributed by atoms with Crippen LogP contribution in [0.15, 0.2) is 0 Å². The van der Waals surface area contributed by atoms with Gasteiger partial charge in [-0.25, -0.2) is 0 Å². The summed E-state index contributed by atoms with van der Waals surface area (Å²) in [4.78, 5) is 0. The molecule has 0 aliphatic carbocycles. The van der Waals surface area contributed by atoms with Crippen LogP contribution in [0.1, 0.15) is 27.7 Å². The van der Waals surface area contributed by atoms with Gasteiger partial charge in [-0.3, -0.25) is 0 Å². The van der Waals surface area contributed by atoms with Crippen molar-refractivity contribution >= 4 is 0 Å². The molecule has 0 unspecified atom stereocenters. The van der Waals surface area contributed by atoms with Crippen molar-refractivity contribution in [3.8, 4) is 0 Å². The Balaban J connectivity index is 0. The van der Waals surface area contributed by atoms with Gasteiger partial charge in [0.2, 0.25) is 0 Å². The van der Waals surface area contributed by atoms with Gasteiger partial charge in [0.05, 0.1) is 0 Å². The largest absolute Gasteiger partial charge is 0.0604 e. The first kappa shape index (κ1) is 10.3. The first-order valence-electron chi connectivity index (χ1n) is 2.00. The number of rotatable bonds is 0. The van der Waals surface area contributed by atoms with E-state index in [0.717, 1.165) is 0 Å². The maximum atomic E-state index is 2.19. The first-order valence-corrected chi connectivity index (χ1v) is 2.00. The van der Waals surface area contributed by atoms with Crippen molar-refractivity contribution in [2.24, 2.45) is 5.41 Å². The van der Waals surface area contributed by atoms with Crippen molar-refractivity contribution in [2.45, 2.75) is 27.7 Å². The maximum Gasteiger partial charge on any atom is 0 e. The Morgan fingerprint density at radius 2 is 0.833 bits per heavy atom. The molecular weight excluding hydrogens is 100 g/mol. The van der Waals surface area contributed by atoms with Crippen molar-refractivity contribution in [1.29, 1.82) is 0 Å². The Morgan fingerprint density at radius 3 is 0.833 bits per heavy atom. The molecule has 0 saturated carbocycles. The number of hydrogen-bond acceptors (Lipinski definition) is 0. The van der Waals surface area contributed by atoms with E-state index in [1.54, 1.807) is 0 Å². The molecule has 0 fully saturated rings. The molecule has 0 aliphatic heterocycles. The second-order valence-corrected chi connectivity index (χ2v) is 3.00. The predicted octanol–water partition coefficient (Wildman–Crippen LogP) is 2.05. The van der Waals surface area contributed by atoms with E-state index in [1.165, 1.54) is 0 Å². The van der Waals surface area contributed by atoms with E-state index in [-0.39, 0.29) is 37.7 Å². The molecule has 0 N–H and O–H groups in total. The van der Waals surface area contributed by atoms with Gasteiger partial charge in [-0.15, -0.1) is 0 Å². The molecule has 0 aromatic carbocycles. The summed E-state index contributed by atoms with van der Waals surface area (Å²) in [5, 5.41) is 0. The van der Waals surface area contributed by atoms with Crippen LogP contribution in [-0.4, -0.2) is 0 Å². The fourth-order valence-corrected chi connectivity index (χ4v) is 0. The van der Waals surface area contributed by atoms with Crippen LogP contribution in [-0.2, 0) is 0 Å². The predicted molar refractivity (Wildman–Crippen MR) is 25.1 cm³/mol. The third kappa shape index (κ3) is 60.1. The average molecular weight is 112 g/mol. The van der Waals surface area contributed by atoms with Crippen molar-refractivity contribution in [3.63, 3.8) is 0 Å². The minimum atomic E-state index is 0. The van der Waals surface area contributed by atoms with Crippen LogP contribution >= 0.6 is 0 Å². The van der Waals surface area contributed by atoms with E-state index in [0.29, 0.717) is 5.41 Å². The van der Waals surface area contributed by atoms with Crippen molar-refractivity contribution < 1.29 is 37.7 Å². The minimum absolute atomic E-state index is 0. The van der Waals surface area contributed by atoms with Crippen LogP contribution < -0.4 is 0 Å². The Labute approximate surface area is 70.3 Å². The molecule has 6 heavy (non-hydrogen) atoms. The van der Waals surface area contributed by atoms with E-state index < -0.39 is 0 Å². The first-order chi connectivity index (χ1) is 2.00. The summed E-state index contributed by atoms with van der Waals surface area (Å²) >= 11 is 0. The second-order valence-electron chi connectivity index (χ2n) is 3.00. The molecule has 40 valence electrons. The zero-order valence-corrected chi connectivity index (χ0v) is 5.56. The molecule has 0 bridgehead atoms. The number of hydrogen-bond donors (Lipinski definition) is 0. The van der Waals surface area contributed by atoms with Crippen molar-refractivity contribution in [3.05, 3.63) is 0 Å².